The lowest BCUT2D eigenvalue weighted by Gasteiger charge is -2.21. The molecule has 90 valence electrons. The Labute approximate surface area is 97.5 Å². The second kappa shape index (κ2) is 5.48. The summed E-state index contributed by atoms with van der Waals surface area (Å²) in [7, 11) is 0. The summed E-state index contributed by atoms with van der Waals surface area (Å²) in [5.74, 6) is 0.302. The molecule has 2 unspecified atom stereocenters. The molecule has 0 aliphatic heterocycles. The molecule has 1 saturated carbocycles. The number of aromatic nitrogens is 2. The third-order valence-electron chi connectivity index (χ3n) is 3.54. The third-order valence-corrected chi connectivity index (χ3v) is 3.54. The van der Waals surface area contributed by atoms with Crippen molar-refractivity contribution in [2.24, 2.45) is 0 Å². The van der Waals surface area contributed by atoms with E-state index in [2.05, 4.69) is 22.8 Å². The van der Waals surface area contributed by atoms with Crippen LogP contribution in [0.2, 0.25) is 0 Å². The zero-order valence-electron chi connectivity index (χ0n) is 10.1. The van der Waals surface area contributed by atoms with Crippen LogP contribution in [0.15, 0.2) is 12.3 Å². The molecule has 0 aromatic carbocycles. The zero-order chi connectivity index (χ0) is 11.4. The number of hydrogen-bond acceptors (Lipinski definition) is 2. The Morgan fingerprint density at radius 2 is 2.19 bits per heavy atom. The number of aliphatic hydroxyl groups is 1. The maximum atomic E-state index is 10.2. The van der Waals surface area contributed by atoms with Gasteiger partial charge in [-0.25, -0.2) is 0 Å². The second-order valence-electron chi connectivity index (χ2n) is 4.79. The Balaban J connectivity index is 2.16. The standard InChI is InChI=1S/C13H22N2O/c1-2-10-15-12(8-9-14-15)11-6-4-3-5-7-13(11)16/h8-9,11,13,16H,2-7,10H2,1H3. The van der Waals surface area contributed by atoms with Gasteiger partial charge in [-0.05, 0) is 25.3 Å². The molecule has 1 heterocycles. The van der Waals surface area contributed by atoms with Crippen LogP contribution in [-0.2, 0) is 6.54 Å². The van der Waals surface area contributed by atoms with Gasteiger partial charge >= 0.3 is 0 Å². The van der Waals surface area contributed by atoms with Crippen molar-refractivity contribution in [3.8, 4) is 0 Å². The molecule has 0 amide bonds. The summed E-state index contributed by atoms with van der Waals surface area (Å²) in [6.07, 6.45) is 8.50. The van der Waals surface area contributed by atoms with E-state index in [0.717, 1.165) is 25.8 Å². The lowest BCUT2D eigenvalue weighted by Crippen LogP contribution is -2.20. The molecular weight excluding hydrogens is 200 g/mol. The number of aryl methyl sites for hydroxylation is 1. The van der Waals surface area contributed by atoms with Crippen LogP contribution in [0.4, 0.5) is 0 Å². The van der Waals surface area contributed by atoms with Gasteiger partial charge in [0.05, 0.1) is 6.10 Å². The minimum atomic E-state index is -0.171. The Kier molecular flexibility index (Phi) is 3.99. The van der Waals surface area contributed by atoms with Gasteiger partial charge in [-0.2, -0.15) is 5.10 Å². The van der Waals surface area contributed by atoms with E-state index in [9.17, 15) is 5.11 Å². The van der Waals surface area contributed by atoms with Gasteiger partial charge in [0.2, 0.25) is 0 Å². The van der Waals surface area contributed by atoms with Gasteiger partial charge in [-0.1, -0.05) is 26.2 Å². The molecule has 1 aliphatic rings. The molecule has 3 nitrogen and oxygen atoms in total. The van der Waals surface area contributed by atoms with Crippen molar-refractivity contribution < 1.29 is 5.11 Å². The van der Waals surface area contributed by atoms with Gasteiger partial charge in [0.25, 0.3) is 0 Å². The highest BCUT2D eigenvalue weighted by Gasteiger charge is 2.25. The minimum Gasteiger partial charge on any atom is -0.392 e. The van der Waals surface area contributed by atoms with Crippen molar-refractivity contribution in [1.29, 1.82) is 0 Å². The quantitative estimate of drug-likeness (QED) is 0.798. The van der Waals surface area contributed by atoms with Crippen LogP contribution in [0.5, 0.6) is 0 Å². The van der Waals surface area contributed by atoms with E-state index in [1.54, 1.807) is 0 Å². The lowest BCUT2D eigenvalue weighted by molar-refractivity contribution is 0.131. The van der Waals surface area contributed by atoms with Crippen molar-refractivity contribution in [3.05, 3.63) is 18.0 Å². The molecule has 1 aromatic rings. The third kappa shape index (κ3) is 2.46. The van der Waals surface area contributed by atoms with Crippen LogP contribution in [0.1, 0.15) is 57.1 Å². The first-order valence-electron chi connectivity index (χ1n) is 6.52. The number of aliphatic hydroxyl groups excluding tert-OH is 1. The van der Waals surface area contributed by atoms with Gasteiger partial charge < -0.3 is 5.11 Å². The molecule has 0 saturated heterocycles. The van der Waals surface area contributed by atoms with Gasteiger partial charge in [-0.3, -0.25) is 4.68 Å². The minimum absolute atomic E-state index is 0.171. The Morgan fingerprint density at radius 1 is 1.38 bits per heavy atom. The first-order valence-corrected chi connectivity index (χ1v) is 6.52. The van der Waals surface area contributed by atoms with Crippen LogP contribution in [-0.4, -0.2) is 21.0 Å². The summed E-state index contributed by atoms with van der Waals surface area (Å²) in [6.45, 7) is 3.13. The molecule has 16 heavy (non-hydrogen) atoms. The van der Waals surface area contributed by atoms with E-state index in [1.165, 1.54) is 25.0 Å². The molecule has 1 aromatic heterocycles. The fourth-order valence-corrected chi connectivity index (χ4v) is 2.69. The van der Waals surface area contributed by atoms with E-state index >= 15 is 0 Å². The molecule has 0 bridgehead atoms. The van der Waals surface area contributed by atoms with E-state index in [0.29, 0.717) is 5.92 Å². The van der Waals surface area contributed by atoms with E-state index in [1.807, 2.05) is 6.20 Å². The summed E-state index contributed by atoms with van der Waals surface area (Å²) in [5, 5.41) is 14.5. The molecule has 3 heteroatoms. The largest absolute Gasteiger partial charge is 0.392 e. The van der Waals surface area contributed by atoms with Crippen LogP contribution in [0.25, 0.3) is 0 Å². The predicted octanol–water partition coefficient (Wildman–Crippen LogP) is 2.70. The summed E-state index contributed by atoms with van der Waals surface area (Å²) in [5.41, 5.74) is 1.23. The Hall–Kier alpha value is -0.830. The molecule has 1 fully saturated rings. The first-order chi connectivity index (χ1) is 7.83. The Morgan fingerprint density at radius 3 is 3.00 bits per heavy atom. The van der Waals surface area contributed by atoms with Crippen molar-refractivity contribution in [2.45, 2.75) is 64.0 Å². The maximum absolute atomic E-state index is 10.2. The topological polar surface area (TPSA) is 38.0 Å². The average molecular weight is 222 g/mol. The van der Waals surface area contributed by atoms with E-state index in [-0.39, 0.29) is 6.10 Å². The highest BCUT2D eigenvalue weighted by Crippen LogP contribution is 2.31. The van der Waals surface area contributed by atoms with Crippen molar-refractivity contribution in [2.75, 3.05) is 0 Å². The second-order valence-corrected chi connectivity index (χ2v) is 4.79. The SMILES string of the molecule is CCCn1nccc1C1CCCCCC1O. The van der Waals surface area contributed by atoms with E-state index in [4.69, 9.17) is 0 Å². The van der Waals surface area contributed by atoms with Gasteiger partial charge in [0.1, 0.15) is 0 Å². The Bertz CT molecular complexity index is 321. The van der Waals surface area contributed by atoms with Gasteiger partial charge in [0, 0.05) is 24.4 Å². The maximum Gasteiger partial charge on any atom is 0.0623 e. The highest BCUT2D eigenvalue weighted by molar-refractivity contribution is 5.10. The number of hydrogen-bond donors (Lipinski definition) is 1. The number of nitrogens with zero attached hydrogens (tertiary/aromatic N) is 2. The van der Waals surface area contributed by atoms with Gasteiger partial charge in [0.15, 0.2) is 0 Å². The van der Waals surface area contributed by atoms with Crippen LogP contribution in [0, 0.1) is 0 Å². The summed E-state index contributed by atoms with van der Waals surface area (Å²) < 4.78 is 2.07. The van der Waals surface area contributed by atoms with Crippen LogP contribution in [0.3, 0.4) is 0 Å². The normalized spacial score (nSPS) is 26.6. The van der Waals surface area contributed by atoms with Crippen molar-refractivity contribution >= 4 is 0 Å². The predicted molar refractivity (Wildman–Crippen MR) is 64.4 cm³/mol. The van der Waals surface area contributed by atoms with Crippen molar-refractivity contribution in [3.63, 3.8) is 0 Å². The molecule has 2 rings (SSSR count). The molecule has 1 aliphatic carbocycles. The van der Waals surface area contributed by atoms with Crippen LogP contribution >= 0.6 is 0 Å². The molecule has 0 spiro atoms. The first kappa shape index (κ1) is 11.6. The number of rotatable bonds is 3. The fourth-order valence-electron chi connectivity index (χ4n) is 2.69. The fraction of sp³-hybridized carbons (Fsp3) is 0.769. The van der Waals surface area contributed by atoms with Gasteiger partial charge in [-0.15, -0.1) is 0 Å². The smallest absolute Gasteiger partial charge is 0.0623 e. The molecular formula is C13H22N2O. The molecule has 2 atom stereocenters. The molecule has 0 radical (unpaired) electrons. The monoisotopic (exact) mass is 222 g/mol. The summed E-state index contributed by atoms with van der Waals surface area (Å²) in [6, 6.07) is 2.08. The summed E-state index contributed by atoms with van der Waals surface area (Å²) in [4.78, 5) is 0. The zero-order valence-corrected chi connectivity index (χ0v) is 10.1. The van der Waals surface area contributed by atoms with Crippen LogP contribution < -0.4 is 0 Å². The van der Waals surface area contributed by atoms with Crippen molar-refractivity contribution in [1.82, 2.24) is 9.78 Å². The summed E-state index contributed by atoms with van der Waals surface area (Å²) >= 11 is 0. The highest BCUT2D eigenvalue weighted by atomic mass is 16.3. The van der Waals surface area contributed by atoms with E-state index < -0.39 is 0 Å². The molecule has 1 N–H and O–H groups in total. The lowest BCUT2D eigenvalue weighted by atomic mass is 9.93. The average Bonchev–Trinajstić information content (AvgIpc) is 2.61.